The largest absolute Gasteiger partial charge is 0.301 e. The van der Waals surface area contributed by atoms with E-state index in [1.807, 2.05) is 0 Å². The van der Waals surface area contributed by atoms with Crippen molar-refractivity contribution >= 4 is 0 Å². The van der Waals surface area contributed by atoms with E-state index in [9.17, 15) is 0 Å². The molecule has 0 bridgehead atoms. The molecular weight excluding hydrogens is 310 g/mol. The molecule has 2 heterocycles. The summed E-state index contributed by atoms with van der Waals surface area (Å²) < 4.78 is 0. The van der Waals surface area contributed by atoms with Crippen LogP contribution in [0.1, 0.15) is 39.5 Å². The van der Waals surface area contributed by atoms with Gasteiger partial charge in [-0.3, -0.25) is 0 Å². The highest BCUT2D eigenvalue weighted by atomic mass is 15.3. The van der Waals surface area contributed by atoms with Gasteiger partial charge in [0.2, 0.25) is 0 Å². The molecule has 1 radical (unpaired) electrons. The molecule has 25 heavy (non-hydrogen) atoms. The van der Waals surface area contributed by atoms with E-state index in [1.54, 1.807) is 0 Å². The highest BCUT2D eigenvalue weighted by Crippen LogP contribution is 2.04. The van der Waals surface area contributed by atoms with E-state index >= 15 is 0 Å². The molecule has 2 rings (SSSR count). The second kappa shape index (κ2) is 13.0. The van der Waals surface area contributed by atoms with Crippen LogP contribution in [0, 0.1) is 0 Å². The van der Waals surface area contributed by atoms with Gasteiger partial charge in [0, 0.05) is 65.4 Å². The van der Waals surface area contributed by atoms with Gasteiger partial charge >= 0.3 is 0 Å². The minimum absolute atomic E-state index is 1.06. The van der Waals surface area contributed by atoms with E-state index in [0.29, 0.717) is 0 Å². The molecule has 0 aromatic rings. The quantitative estimate of drug-likeness (QED) is 0.497. The minimum atomic E-state index is 1.06. The Kier molecular flexibility index (Phi) is 11.0. The third-order valence-corrected chi connectivity index (χ3v) is 5.59. The molecule has 2 saturated heterocycles. The van der Waals surface area contributed by atoms with Crippen LogP contribution in [-0.2, 0) is 0 Å². The van der Waals surface area contributed by atoms with Gasteiger partial charge in [-0.15, -0.1) is 0 Å². The van der Waals surface area contributed by atoms with Gasteiger partial charge in [-0.1, -0.05) is 13.8 Å². The van der Waals surface area contributed by atoms with Crippen LogP contribution in [0.25, 0.3) is 0 Å². The first kappa shape index (κ1) is 21.1. The Hall–Kier alpha value is -0.200. The van der Waals surface area contributed by atoms with Gasteiger partial charge in [-0.2, -0.15) is 0 Å². The maximum atomic E-state index is 4.75. The molecule has 0 amide bonds. The van der Waals surface area contributed by atoms with Crippen LogP contribution in [0.4, 0.5) is 0 Å². The lowest BCUT2D eigenvalue weighted by Crippen LogP contribution is -2.47. The monoisotopic (exact) mass is 352 g/mol. The van der Waals surface area contributed by atoms with Crippen LogP contribution in [0.15, 0.2) is 0 Å². The molecule has 0 spiro atoms. The molecule has 0 saturated carbocycles. The van der Waals surface area contributed by atoms with Crippen molar-refractivity contribution < 1.29 is 0 Å². The molecule has 0 aromatic heterocycles. The van der Waals surface area contributed by atoms with Crippen LogP contribution in [-0.4, -0.2) is 111 Å². The summed E-state index contributed by atoms with van der Waals surface area (Å²) in [6, 6.07) is 0. The van der Waals surface area contributed by atoms with E-state index < -0.39 is 0 Å². The Labute approximate surface area is 156 Å². The summed E-state index contributed by atoms with van der Waals surface area (Å²) in [6.07, 6.45) is 5.05. The van der Waals surface area contributed by atoms with Crippen LogP contribution < -0.4 is 5.32 Å². The summed E-state index contributed by atoms with van der Waals surface area (Å²) in [5, 5.41) is 4.75. The Morgan fingerprint density at radius 3 is 1.16 bits per heavy atom. The highest BCUT2D eigenvalue weighted by molar-refractivity contribution is 4.73. The SMILES string of the molecule is CCCN1CCN(CCC[N]CCCN2CCN(CCC)CC2)CC1. The zero-order valence-corrected chi connectivity index (χ0v) is 17.0. The fourth-order valence-corrected chi connectivity index (χ4v) is 4.03. The van der Waals surface area contributed by atoms with Gasteiger partial charge in [-0.25, -0.2) is 5.32 Å². The first-order valence-corrected chi connectivity index (χ1v) is 10.8. The minimum Gasteiger partial charge on any atom is -0.301 e. The van der Waals surface area contributed by atoms with Crippen LogP contribution >= 0.6 is 0 Å². The predicted molar refractivity (Wildman–Crippen MR) is 107 cm³/mol. The summed E-state index contributed by atoms with van der Waals surface area (Å²) in [7, 11) is 0. The van der Waals surface area contributed by atoms with E-state index in [4.69, 9.17) is 5.32 Å². The second-order valence-electron chi connectivity index (χ2n) is 7.74. The Morgan fingerprint density at radius 2 is 0.840 bits per heavy atom. The average molecular weight is 353 g/mol. The third kappa shape index (κ3) is 8.83. The zero-order valence-electron chi connectivity index (χ0n) is 17.0. The Balaban J connectivity index is 1.37. The summed E-state index contributed by atoms with van der Waals surface area (Å²) in [6.45, 7) is 21.8. The lowest BCUT2D eigenvalue weighted by atomic mass is 10.2. The topological polar surface area (TPSA) is 27.1 Å². The Bertz CT molecular complexity index is 279. The van der Waals surface area contributed by atoms with Crippen molar-refractivity contribution in [3.8, 4) is 0 Å². The highest BCUT2D eigenvalue weighted by Gasteiger charge is 2.16. The first-order valence-electron chi connectivity index (χ1n) is 10.8. The summed E-state index contributed by atoms with van der Waals surface area (Å²) in [5.74, 6) is 0. The lowest BCUT2D eigenvalue weighted by molar-refractivity contribution is 0.129. The van der Waals surface area contributed by atoms with Crippen molar-refractivity contribution in [3.05, 3.63) is 0 Å². The molecule has 0 aromatic carbocycles. The van der Waals surface area contributed by atoms with Gasteiger partial charge in [0.05, 0.1) is 0 Å². The molecule has 2 aliphatic heterocycles. The Morgan fingerprint density at radius 1 is 0.520 bits per heavy atom. The summed E-state index contributed by atoms with van der Waals surface area (Å²) in [5.41, 5.74) is 0. The van der Waals surface area contributed by atoms with Crippen molar-refractivity contribution in [1.29, 1.82) is 0 Å². The van der Waals surface area contributed by atoms with Gasteiger partial charge in [0.15, 0.2) is 0 Å². The lowest BCUT2D eigenvalue weighted by Gasteiger charge is -2.34. The summed E-state index contributed by atoms with van der Waals surface area (Å²) in [4.78, 5) is 10.4. The molecule has 0 aliphatic carbocycles. The fourth-order valence-electron chi connectivity index (χ4n) is 4.03. The second-order valence-corrected chi connectivity index (χ2v) is 7.74. The van der Waals surface area contributed by atoms with Crippen molar-refractivity contribution in [1.82, 2.24) is 24.9 Å². The number of nitrogens with zero attached hydrogens (tertiary/aromatic N) is 5. The maximum absolute atomic E-state index is 4.75. The molecule has 2 aliphatic rings. The molecular formula is C20H42N5. The molecule has 0 unspecified atom stereocenters. The van der Waals surface area contributed by atoms with Gasteiger partial charge < -0.3 is 19.6 Å². The average Bonchev–Trinajstić information content (AvgIpc) is 2.64. The molecule has 147 valence electrons. The van der Waals surface area contributed by atoms with Crippen LogP contribution in [0.2, 0.25) is 0 Å². The standard InChI is InChI=1S/C20H42N5/c1-3-9-22-13-17-24(18-14-22)11-5-7-21-8-6-12-25-19-15-23(10-4-2)16-20-25/h3-20H2,1-2H3. The van der Waals surface area contributed by atoms with E-state index in [-0.39, 0.29) is 0 Å². The number of hydrogen-bond donors (Lipinski definition) is 0. The molecule has 2 fully saturated rings. The van der Waals surface area contributed by atoms with Crippen molar-refractivity contribution in [3.63, 3.8) is 0 Å². The van der Waals surface area contributed by atoms with Gasteiger partial charge in [0.1, 0.15) is 0 Å². The van der Waals surface area contributed by atoms with Crippen molar-refractivity contribution in [2.24, 2.45) is 0 Å². The first-order chi connectivity index (χ1) is 12.3. The normalized spacial score (nSPS) is 21.8. The van der Waals surface area contributed by atoms with Gasteiger partial charge in [-0.05, 0) is 51.9 Å². The van der Waals surface area contributed by atoms with Crippen molar-refractivity contribution in [2.45, 2.75) is 39.5 Å². The molecule has 0 atom stereocenters. The van der Waals surface area contributed by atoms with E-state index in [2.05, 4.69) is 33.4 Å². The number of hydrogen-bond acceptors (Lipinski definition) is 4. The third-order valence-electron chi connectivity index (χ3n) is 5.59. The fraction of sp³-hybridized carbons (Fsp3) is 1.00. The van der Waals surface area contributed by atoms with E-state index in [0.717, 1.165) is 13.1 Å². The van der Waals surface area contributed by atoms with Gasteiger partial charge in [0.25, 0.3) is 0 Å². The summed E-state index contributed by atoms with van der Waals surface area (Å²) >= 11 is 0. The maximum Gasteiger partial charge on any atom is 0.0145 e. The zero-order chi connectivity index (χ0) is 17.7. The molecule has 0 N–H and O–H groups in total. The predicted octanol–water partition coefficient (Wildman–Crippen LogP) is 1.43. The number of piperazine rings is 2. The molecule has 5 heteroatoms. The van der Waals surface area contributed by atoms with Crippen LogP contribution in [0.5, 0.6) is 0 Å². The van der Waals surface area contributed by atoms with Crippen molar-refractivity contribution in [2.75, 3.05) is 91.6 Å². The smallest absolute Gasteiger partial charge is 0.0145 e. The number of rotatable bonds is 12. The van der Waals surface area contributed by atoms with Crippen LogP contribution in [0.3, 0.4) is 0 Å². The molecule has 5 nitrogen and oxygen atoms in total. The van der Waals surface area contributed by atoms with E-state index in [1.165, 1.54) is 104 Å².